The van der Waals surface area contributed by atoms with Gasteiger partial charge in [0.2, 0.25) is 0 Å². The van der Waals surface area contributed by atoms with Crippen LogP contribution in [0.3, 0.4) is 0 Å². The van der Waals surface area contributed by atoms with Crippen molar-refractivity contribution in [3.63, 3.8) is 0 Å². The first-order valence-corrected chi connectivity index (χ1v) is 3.56. The predicted octanol–water partition coefficient (Wildman–Crippen LogP) is 1.16. The molecule has 0 radical (unpaired) electrons. The molecule has 0 unspecified atom stereocenters. The van der Waals surface area contributed by atoms with Crippen LogP contribution in [-0.4, -0.2) is 19.0 Å². The molecule has 0 aliphatic carbocycles. The van der Waals surface area contributed by atoms with E-state index in [0.29, 0.717) is 0 Å². The van der Waals surface area contributed by atoms with Crippen LogP contribution in [0.25, 0.3) is 0 Å². The molecule has 2 aliphatic heterocycles. The molecule has 0 aromatic rings. The van der Waals surface area contributed by atoms with E-state index in [-0.39, 0.29) is 5.79 Å². The van der Waals surface area contributed by atoms with Crippen molar-refractivity contribution >= 4 is 0 Å². The van der Waals surface area contributed by atoms with Crippen LogP contribution in [0.15, 0.2) is 0 Å². The van der Waals surface area contributed by atoms with E-state index >= 15 is 0 Å². The summed E-state index contributed by atoms with van der Waals surface area (Å²) in [5, 5.41) is 0. The lowest BCUT2D eigenvalue weighted by atomic mass is 9.99. The fourth-order valence-corrected chi connectivity index (χ4v) is 1.66. The van der Waals surface area contributed by atoms with Crippen LogP contribution >= 0.6 is 0 Å². The Morgan fingerprint density at radius 2 is 2.33 bits per heavy atom. The van der Waals surface area contributed by atoms with E-state index in [0.717, 1.165) is 25.6 Å². The van der Waals surface area contributed by atoms with Crippen LogP contribution in [0.1, 0.15) is 19.8 Å². The minimum Gasteiger partial charge on any atom is -0.350 e. The molecule has 0 spiro atoms. The summed E-state index contributed by atoms with van der Waals surface area (Å²) in [6, 6.07) is 0. The van der Waals surface area contributed by atoms with Crippen molar-refractivity contribution in [2.24, 2.45) is 5.92 Å². The Bertz CT molecular complexity index is 120. The van der Waals surface area contributed by atoms with E-state index in [4.69, 9.17) is 9.47 Å². The van der Waals surface area contributed by atoms with Crippen molar-refractivity contribution < 1.29 is 9.47 Å². The molecule has 0 aromatic carbocycles. The summed E-state index contributed by atoms with van der Waals surface area (Å²) in [5.41, 5.74) is 0. The molecule has 2 bridgehead atoms. The summed E-state index contributed by atoms with van der Waals surface area (Å²) in [6.45, 7) is 3.84. The molecule has 0 N–H and O–H groups in total. The van der Waals surface area contributed by atoms with Gasteiger partial charge in [0, 0.05) is 6.42 Å². The average molecular weight is 128 g/mol. The molecular weight excluding hydrogens is 116 g/mol. The minimum absolute atomic E-state index is 0.205. The Balaban J connectivity index is 2.13. The molecule has 2 heterocycles. The van der Waals surface area contributed by atoms with E-state index in [9.17, 15) is 0 Å². The maximum atomic E-state index is 5.44. The molecule has 0 amide bonds. The highest BCUT2D eigenvalue weighted by Gasteiger charge is 2.40. The van der Waals surface area contributed by atoms with Crippen molar-refractivity contribution in [3.8, 4) is 0 Å². The number of ether oxygens (including phenoxy) is 2. The van der Waals surface area contributed by atoms with Gasteiger partial charge in [-0.25, -0.2) is 0 Å². The topological polar surface area (TPSA) is 18.5 Å². The van der Waals surface area contributed by atoms with Crippen LogP contribution in [0.5, 0.6) is 0 Å². The maximum Gasteiger partial charge on any atom is 0.165 e. The molecule has 2 fully saturated rings. The summed E-state index contributed by atoms with van der Waals surface area (Å²) in [5.74, 6) is 0.576. The minimum atomic E-state index is -0.205. The lowest BCUT2D eigenvalue weighted by Gasteiger charge is -2.27. The van der Waals surface area contributed by atoms with Crippen LogP contribution in [-0.2, 0) is 9.47 Å². The van der Waals surface area contributed by atoms with Gasteiger partial charge in [-0.3, -0.25) is 0 Å². The van der Waals surface area contributed by atoms with Gasteiger partial charge in [-0.1, -0.05) is 0 Å². The Morgan fingerprint density at radius 3 is 3.00 bits per heavy atom. The zero-order chi connectivity index (χ0) is 6.32. The van der Waals surface area contributed by atoms with E-state index in [1.165, 1.54) is 6.42 Å². The third-order valence-corrected chi connectivity index (χ3v) is 2.22. The zero-order valence-corrected chi connectivity index (χ0v) is 5.72. The molecule has 2 saturated heterocycles. The summed E-state index contributed by atoms with van der Waals surface area (Å²) in [6.07, 6.45) is 2.29. The second-order valence-electron chi connectivity index (χ2n) is 3.15. The van der Waals surface area contributed by atoms with Crippen molar-refractivity contribution in [2.45, 2.75) is 25.6 Å². The second-order valence-corrected chi connectivity index (χ2v) is 3.15. The molecule has 9 heavy (non-hydrogen) atoms. The normalized spacial score (nSPS) is 49.7. The number of hydrogen-bond acceptors (Lipinski definition) is 2. The van der Waals surface area contributed by atoms with Crippen molar-refractivity contribution in [1.82, 2.24) is 0 Å². The Labute approximate surface area is 55.1 Å². The van der Waals surface area contributed by atoms with Gasteiger partial charge in [0.05, 0.1) is 13.2 Å². The summed E-state index contributed by atoms with van der Waals surface area (Å²) in [4.78, 5) is 0. The third kappa shape index (κ3) is 0.864. The number of rotatable bonds is 0. The van der Waals surface area contributed by atoms with Gasteiger partial charge in [-0.05, 0) is 19.3 Å². The summed E-state index contributed by atoms with van der Waals surface area (Å²) < 4.78 is 10.9. The predicted molar refractivity (Wildman–Crippen MR) is 33.0 cm³/mol. The molecule has 2 heteroatoms. The van der Waals surface area contributed by atoms with Gasteiger partial charge >= 0.3 is 0 Å². The number of hydrogen-bond donors (Lipinski definition) is 0. The van der Waals surface area contributed by atoms with Gasteiger partial charge < -0.3 is 9.47 Å². The van der Waals surface area contributed by atoms with E-state index in [1.54, 1.807) is 0 Å². The van der Waals surface area contributed by atoms with Gasteiger partial charge in [0.1, 0.15) is 0 Å². The van der Waals surface area contributed by atoms with Gasteiger partial charge in [-0.15, -0.1) is 0 Å². The third-order valence-electron chi connectivity index (χ3n) is 2.22. The van der Waals surface area contributed by atoms with Gasteiger partial charge in [0.15, 0.2) is 5.79 Å². The smallest absolute Gasteiger partial charge is 0.165 e. The fourth-order valence-electron chi connectivity index (χ4n) is 1.66. The Morgan fingerprint density at radius 1 is 1.44 bits per heavy atom. The quantitative estimate of drug-likeness (QED) is 0.487. The van der Waals surface area contributed by atoms with Crippen LogP contribution in [0.2, 0.25) is 0 Å². The van der Waals surface area contributed by atoms with Crippen molar-refractivity contribution in [2.75, 3.05) is 13.2 Å². The van der Waals surface area contributed by atoms with Gasteiger partial charge in [-0.2, -0.15) is 0 Å². The van der Waals surface area contributed by atoms with Crippen molar-refractivity contribution in [3.05, 3.63) is 0 Å². The molecule has 0 aromatic heterocycles. The Kier molecular flexibility index (Phi) is 1.08. The lowest BCUT2D eigenvalue weighted by molar-refractivity contribution is -0.199. The van der Waals surface area contributed by atoms with E-state index in [2.05, 4.69) is 0 Å². The zero-order valence-electron chi connectivity index (χ0n) is 5.72. The molecule has 52 valence electrons. The van der Waals surface area contributed by atoms with Crippen molar-refractivity contribution in [1.29, 1.82) is 0 Å². The summed E-state index contributed by atoms with van der Waals surface area (Å²) in [7, 11) is 0. The SMILES string of the molecule is C[C@@]12C[C@@H](CCO1)CO2. The first kappa shape index (κ1) is 5.69. The molecule has 2 rings (SSSR count). The van der Waals surface area contributed by atoms with E-state index < -0.39 is 0 Å². The highest BCUT2D eigenvalue weighted by atomic mass is 16.7. The highest BCUT2D eigenvalue weighted by molar-refractivity contribution is 4.81. The molecule has 0 saturated carbocycles. The molecular formula is C7H12O2. The number of fused-ring (bicyclic) bond motifs is 2. The first-order chi connectivity index (χ1) is 4.29. The Hall–Kier alpha value is -0.0800. The monoisotopic (exact) mass is 128 g/mol. The largest absolute Gasteiger partial charge is 0.350 e. The van der Waals surface area contributed by atoms with Gasteiger partial charge in [0.25, 0.3) is 0 Å². The average Bonchev–Trinajstić information content (AvgIpc) is 2.07. The molecule has 2 aliphatic rings. The van der Waals surface area contributed by atoms with Crippen LogP contribution in [0, 0.1) is 5.92 Å². The fraction of sp³-hybridized carbons (Fsp3) is 1.00. The van der Waals surface area contributed by atoms with Crippen LogP contribution < -0.4 is 0 Å². The molecule has 2 atom stereocenters. The lowest BCUT2D eigenvalue weighted by Crippen LogP contribution is -2.30. The first-order valence-electron chi connectivity index (χ1n) is 3.56. The van der Waals surface area contributed by atoms with Crippen LogP contribution in [0.4, 0.5) is 0 Å². The highest BCUT2D eigenvalue weighted by Crippen LogP contribution is 2.36. The second kappa shape index (κ2) is 1.70. The maximum absolute atomic E-state index is 5.44. The molecule has 2 nitrogen and oxygen atoms in total. The van der Waals surface area contributed by atoms with E-state index in [1.807, 2.05) is 6.92 Å². The standard InChI is InChI=1S/C7H12O2/c1-7-4-6(5-9-7)2-3-8-7/h6H,2-5H2,1H3/t6-,7-/m1/s1. The summed E-state index contributed by atoms with van der Waals surface area (Å²) >= 11 is 0.